The van der Waals surface area contributed by atoms with Gasteiger partial charge in [0, 0.05) is 24.7 Å². The molecule has 1 amide bonds. The number of pyridine rings is 1. The van der Waals surface area contributed by atoms with E-state index in [9.17, 15) is 9.18 Å². The Morgan fingerprint density at radius 3 is 2.85 bits per heavy atom. The van der Waals surface area contributed by atoms with Gasteiger partial charge in [0.1, 0.15) is 5.82 Å². The summed E-state index contributed by atoms with van der Waals surface area (Å²) < 4.78 is 13.8. The molecule has 0 aliphatic heterocycles. The van der Waals surface area contributed by atoms with Crippen molar-refractivity contribution in [2.45, 2.75) is 0 Å². The van der Waals surface area contributed by atoms with Gasteiger partial charge < -0.3 is 22.1 Å². The Balaban J connectivity index is 2.37. The van der Waals surface area contributed by atoms with Gasteiger partial charge in [0.25, 0.3) is 5.91 Å². The highest BCUT2D eigenvalue weighted by Gasteiger charge is 2.16. The van der Waals surface area contributed by atoms with Crippen LogP contribution in [0.5, 0.6) is 0 Å². The second-order valence-corrected chi connectivity index (χ2v) is 4.65. The Kier molecular flexibility index (Phi) is 4.43. The van der Waals surface area contributed by atoms with Crippen molar-refractivity contribution in [1.82, 2.24) is 9.97 Å². The summed E-state index contributed by atoms with van der Waals surface area (Å²) in [5.41, 5.74) is 10.5. The monoisotopic (exact) mass is 296 g/mol. The molecule has 6 N–H and O–H groups in total. The Morgan fingerprint density at radius 1 is 1.45 bits per heavy atom. The molecule has 0 saturated carbocycles. The van der Waals surface area contributed by atoms with Crippen LogP contribution in [-0.2, 0) is 0 Å². The number of thiazole rings is 1. The summed E-state index contributed by atoms with van der Waals surface area (Å²) in [6, 6.07) is 1.03. The van der Waals surface area contributed by atoms with Crippen molar-refractivity contribution >= 4 is 34.0 Å². The van der Waals surface area contributed by atoms with Crippen molar-refractivity contribution in [1.29, 1.82) is 0 Å². The van der Waals surface area contributed by atoms with Gasteiger partial charge in [-0.25, -0.2) is 14.4 Å². The highest BCUT2D eigenvalue weighted by Crippen LogP contribution is 2.24. The molecule has 20 heavy (non-hydrogen) atoms. The molecule has 0 aliphatic carbocycles. The summed E-state index contributed by atoms with van der Waals surface area (Å²) in [7, 11) is 0. The topological polar surface area (TPSA) is 119 Å². The summed E-state index contributed by atoms with van der Waals surface area (Å²) in [6.45, 7) is 0.685. The van der Waals surface area contributed by atoms with E-state index in [2.05, 4.69) is 20.6 Å². The number of amides is 1. The molecule has 9 heteroatoms. The van der Waals surface area contributed by atoms with Crippen LogP contribution in [0.25, 0.3) is 0 Å². The molecule has 0 spiro atoms. The van der Waals surface area contributed by atoms with E-state index >= 15 is 0 Å². The van der Waals surface area contributed by atoms with Gasteiger partial charge in [-0.3, -0.25) is 4.79 Å². The van der Waals surface area contributed by atoms with Gasteiger partial charge in [-0.15, -0.1) is 11.3 Å². The van der Waals surface area contributed by atoms with E-state index in [-0.39, 0.29) is 17.2 Å². The molecule has 2 aromatic heterocycles. The fourth-order valence-corrected chi connectivity index (χ4v) is 2.00. The van der Waals surface area contributed by atoms with Crippen molar-refractivity contribution in [2.24, 2.45) is 11.5 Å². The molecule has 0 aliphatic rings. The van der Waals surface area contributed by atoms with Crippen molar-refractivity contribution in [3.05, 3.63) is 29.0 Å². The fourth-order valence-electron chi connectivity index (χ4n) is 1.47. The number of nitrogens with two attached hydrogens (primary N) is 2. The SMILES string of the molecule is NCCNc1nc(Nc2nccs2)c(C(N)=O)cc1F. The highest BCUT2D eigenvalue weighted by molar-refractivity contribution is 7.13. The molecule has 0 fully saturated rings. The van der Waals surface area contributed by atoms with Crippen LogP contribution < -0.4 is 22.1 Å². The number of nitrogens with zero attached hydrogens (tertiary/aromatic N) is 2. The predicted octanol–water partition coefficient (Wildman–Crippen LogP) is 0.890. The molecule has 2 heterocycles. The van der Waals surface area contributed by atoms with E-state index in [1.807, 2.05) is 0 Å². The Hall–Kier alpha value is -2.26. The second kappa shape index (κ2) is 6.26. The molecule has 0 aromatic carbocycles. The van der Waals surface area contributed by atoms with Crippen molar-refractivity contribution in [3.63, 3.8) is 0 Å². The molecule has 0 bridgehead atoms. The van der Waals surface area contributed by atoms with Gasteiger partial charge in [0.15, 0.2) is 16.8 Å². The van der Waals surface area contributed by atoms with Crippen LogP contribution >= 0.6 is 11.3 Å². The third kappa shape index (κ3) is 3.19. The Bertz CT molecular complexity index is 603. The normalized spacial score (nSPS) is 10.3. The summed E-state index contributed by atoms with van der Waals surface area (Å²) in [6.07, 6.45) is 1.59. The first-order valence-corrected chi connectivity index (χ1v) is 6.60. The molecule has 0 unspecified atom stereocenters. The average molecular weight is 296 g/mol. The van der Waals surface area contributed by atoms with Crippen LogP contribution in [0.1, 0.15) is 10.4 Å². The zero-order valence-corrected chi connectivity index (χ0v) is 11.2. The maximum Gasteiger partial charge on any atom is 0.252 e. The molecule has 7 nitrogen and oxygen atoms in total. The van der Waals surface area contributed by atoms with Crippen LogP contribution in [0.2, 0.25) is 0 Å². The van der Waals surface area contributed by atoms with E-state index in [4.69, 9.17) is 11.5 Å². The highest BCUT2D eigenvalue weighted by atomic mass is 32.1. The molecule has 0 atom stereocenters. The second-order valence-electron chi connectivity index (χ2n) is 3.76. The van der Waals surface area contributed by atoms with Gasteiger partial charge in [-0.05, 0) is 6.07 Å². The minimum absolute atomic E-state index is 0.000457. The number of anilines is 3. The quantitative estimate of drug-likeness (QED) is 0.628. The van der Waals surface area contributed by atoms with Crippen LogP contribution in [0, 0.1) is 5.82 Å². The van der Waals surface area contributed by atoms with E-state index in [1.165, 1.54) is 11.3 Å². The minimum atomic E-state index is -0.777. The molecular weight excluding hydrogens is 283 g/mol. The van der Waals surface area contributed by atoms with Crippen molar-refractivity contribution < 1.29 is 9.18 Å². The number of hydrogen-bond donors (Lipinski definition) is 4. The number of nitrogens with one attached hydrogen (secondary N) is 2. The van der Waals surface area contributed by atoms with E-state index < -0.39 is 11.7 Å². The van der Waals surface area contributed by atoms with Crippen molar-refractivity contribution in [2.75, 3.05) is 23.7 Å². The zero-order valence-electron chi connectivity index (χ0n) is 10.4. The number of carbonyl (C=O) groups excluding carboxylic acids is 1. The number of primary amides is 1. The van der Waals surface area contributed by atoms with Crippen LogP contribution in [-0.4, -0.2) is 29.0 Å². The zero-order chi connectivity index (χ0) is 14.5. The van der Waals surface area contributed by atoms with Crippen LogP contribution in [0.15, 0.2) is 17.6 Å². The molecule has 0 radical (unpaired) electrons. The standard InChI is InChI=1S/C11H13FN6OS/c12-7-5-6(8(14)19)9(17-10(7)15-2-1-13)18-11-16-3-4-20-11/h3-5H,1-2,13H2,(H2,14,19)(H2,15,16,17,18). The third-order valence-electron chi connectivity index (χ3n) is 2.34. The predicted molar refractivity (Wildman–Crippen MR) is 75.7 cm³/mol. The number of rotatable bonds is 6. The van der Waals surface area contributed by atoms with Crippen molar-refractivity contribution in [3.8, 4) is 0 Å². The summed E-state index contributed by atoms with van der Waals surface area (Å²) >= 11 is 1.32. The number of aromatic nitrogens is 2. The smallest absolute Gasteiger partial charge is 0.252 e. The third-order valence-corrected chi connectivity index (χ3v) is 3.02. The molecule has 2 rings (SSSR count). The lowest BCUT2D eigenvalue weighted by atomic mass is 10.2. The Morgan fingerprint density at radius 2 is 2.25 bits per heavy atom. The van der Waals surface area contributed by atoms with Gasteiger partial charge >= 0.3 is 0 Å². The summed E-state index contributed by atoms with van der Waals surface area (Å²) in [4.78, 5) is 19.4. The molecular formula is C11H13FN6OS. The largest absolute Gasteiger partial charge is 0.366 e. The Labute approximate surface area is 118 Å². The molecule has 106 valence electrons. The van der Waals surface area contributed by atoms with Gasteiger partial charge in [0.05, 0.1) is 5.56 Å². The van der Waals surface area contributed by atoms with Crippen LogP contribution in [0.3, 0.4) is 0 Å². The fraction of sp³-hybridized carbons (Fsp3) is 0.182. The number of carbonyl (C=O) groups is 1. The molecule has 2 aromatic rings. The van der Waals surface area contributed by atoms with E-state index in [0.717, 1.165) is 6.07 Å². The first-order chi connectivity index (χ1) is 9.61. The summed E-state index contributed by atoms with van der Waals surface area (Å²) in [5, 5.41) is 7.84. The van der Waals surface area contributed by atoms with Gasteiger partial charge in [0.2, 0.25) is 0 Å². The van der Waals surface area contributed by atoms with E-state index in [0.29, 0.717) is 18.2 Å². The first kappa shape index (κ1) is 14.2. The maximum atomic E-state index is 13.8. The lowest BCUT2D eigenvalue weighted by molar-refractivity contribution is 0.100. The molecule has 0 saturated heterocycles. The average Bonchev–Trinajstić information content (AvgIpc) is 2.91. The minimum Gasteiger partial charge on any atom is -0.366 e. The number of halogens is 1. The number of hydrogen-bond acceptors (Lipinski definition) is 7. The summed E-state index contributed by atoms with van der Waals surface area (Å²) in [5.74, 6) is -1.30. The van der Waals surface area contributed by atoms with Gasteiger partial charge in [-0.2, -0.15) is 0 Å². The van der Waals surface area contributed by atoms with E-state index in [1.54, 1.807) is 11.6 Å². The van der Waals surface area contributed by atoms with Crippen LogP contribution in [0.4, 0.5) is 21.2 Å². The lowest BCUT2D eigenvalue weighted by Gasteiger charge is -2.11. The maximum absolute atomic E-state index is 13.8. The lowest BCUT2D eigenvalue weighted by Crippen LogP contribution is -2.18. The van der Waals surface area contributed by atoms with Gasteiger partial charge in [-0.1, -0.05) is 0 Å². The first-order valence-electron chi connectivity index (χ1n) is 5.72.